The highest BCUT2D eigenvalue weighted by Crippen LogP contribution is 2.19. The molecule has 6 nitrogen and oxygen atoms in total. The lowest BCUT2D eigenvalue weighted by Crippen LogP contribution is -2.33. The molecule has 0 atom stereocenters. The molecule has 0 bridgehead atoms. The molecule has 1 amide bonds. The van der Waals surface area contributed by atoms with E-state index in [9.17, 15) is 17.6 Å². The SMILES string of the molecule is O=C(CCNCCCc1ccc(OCCCc2ccccc2)cc1)NS(=O)(=O)c1cc(Cl)ccc1F. The molecule has 3 rings (SSSR count). The third kappa shape index (κ3) is 9.26. The van der Waals surface area contributed by atoms with Crippen LogP contribution in [-0.4, -0.2) is 34.0 Å². The minimum Gasteiger partial charge on any atom is -0.494 e. The summed E-state index contributed by atoms with van der Waals surface area (Å²) in [6, 6.07) is 21.5. The third-order valence-corrected chi connectivity index (χ3v) is 7.05. The number of ether oxygens (including phenoxy) is 1. The van der Waals surface area contributed by atoms with Crippen LogP contribution in [0.4, 0.5) is 4.39 Å². The number of carbonyl (C=O) groups is 1. The maximum atomic E-state index is 13.8. The summed E-state index contributed by atoms with van der Waals surface area (Å²) >= 11 is 5.73. The molecule has 3 aromatic carbocycles. The number of sulfonamides is 1. The Balaban J connectivity index is 1.27. The maximum absolute atomic E-state index is 13.8. The molecule has 0 saturated carbocycles. The number of carbonyl (C=O) groups excluding carboxylic acids is 1. The number of amides is 1. The number of halogens is 2. The first-order valence-corrected chi connectivity index (χ1v) is 13.7. The number of hydrogen-bond donors (Lipinski definition) is 2. The van der Waals surface area contributed by atoms with Crippen molar-refractivity contribution in [3.63, 3.8) is 0 Å². The number of aryl methyl sites for hydroxylation is 2. The van der Waals surface area contributed by atoms with Gasteiger partial charge >= 0.3 is 0 Å². The molecule has 192 valence electrons. The summed E-state index contributed by atoms with van der Waals surface area (Å²) in [6.07, 6.45) is 3.60. The van der Waals surface area contributed by atoms with Crippen molar-refractivity contribution in [1.29, 1.82) is 0 Å². The van der Waals surface area contributed by atoms with Gasteiger partial charge in [-0.15, -0.1) is 0 Å². The molecule has 0 aliphatic rings. The summed E-state index contributed by atoms with van der Waals surface area (Å²) in [5.41, 5.74) is 2.49. The minimum atomic E-state index is -4.32. The Bertz CT molecular complexity index is 1220. The third-order valence-electron chi connectivity index (χ3n) is 5.42. The Kier molecular flexibility index (Phi) is 10.7. The van der Waals surface area contributed by atoms with Gasteiger partial charge in [-0.1, -0.05) is 54.1 Å². The van der Waals surface area contributed by atoms with Crippen LogP contribution < -0.4 is 14.8 Å². The van der Waals surface area contributed by atoms with Crippen LogP contribution >= 0.6 is 11.6 Å². The van der Waals surface area contributed by atoms with Crippen molar-refractivity contribution in [3.8, 4) is 5.75 Å². The zero-order chi connectivity index (χ0) is 25.8. The molecule has 0 heterocycles. The van der Waals surface area contributed by atoms with Gasteiger partial charge in [0.15, 0.2) is 0 Å². The Labute approximate surface area is 216 Å². The smallest absolute Gasteiger partial charge is 0.267 e. The van der Waals surface area contributed by atoms with Crippen LogP contribution in [0, 0.1) is 5.82 Å². The number of rotatable bonds is 14. The number of nitrogens with one attached hydrogen (secondary N) is 2. The van der Waals surface area contributed by atoms with E-state index in [0.29, 0.717) is 19.7 Å². The zero-order valence-electron chi connectivity index (χ0n) is 19.9. The van der Waals surface area contributed by atoms with Crippen molar-refractivity contribution >= 4 is 27.5 Å². The average Bonchev–Trinajstić information content (AvgIpc) is 2.86. The second-order valence-corrected chi connectivity index (χ2v) is 10.4. The maximum Gasteiger partial charge on any atom is 0.267 e. The van der Waals surface area contributed by atoms with Crippen molar-refractivity contribution in [3.05, 3.63) is 94.8 Å². The van der Waals surface area contributed by atoms with Crippen molar-refractivity contribution in [1.82, 2.24) is 10.0 Å². The molecule has 0 unspecified atom stereocenters. The highest BCUT2D eigenvalue weighted by molar-refractivity contribution is 7.90. The van der Waals surface area contributed by atoms with Gasteiger partial charge in [0.25, 0.3) is 10.0 Å². The van der Waals surface area contributed by atoms with E-state index >= 15 is 0 Å². The summed E-state index contributed by atoms with van der Waals surface area (Å²) in [5, 5.41) is 3.18. The van der Waals surface area contributed by atoms with E-state index < -0.39 is 26.6 Å². The van der Waals surface area contributed by atoms with E-state index in [0.717, 1.165) is 43.6 Å². The Morgan fingerprint density at radius 3 is 2.33 bits per heavy atom. The van der Waals surface area contributed by atoms with E-state index in [1.165, 1.54) is 17.2 Å². The highest BCUT2D eigenvalue weighted by atomic mass is 35.5. The lowest BCUT2D eigenvalue weighted by Gasteiger charge is -2.09. The van der Waals surface area contributed by atoms with E-state index in [4.69, 9.17) is 16.3 Å². The second kappa shape index (κ2) is 14.0. The van der Waals surface area contributed by atoms with Crippen LogP contribution in [0.25, 0.3) is 0 Å². The first-order valence-electron chi connectivity index (χ1n) is 11.8. The summed E-state index contributed by atoms with van der Waals surface area (Å²) in [5.74, 6) is -0.842. The molecule has 36 heavy (non-hydrogen) atoms. The van der Waals surface area contributed by atoms with Gasteiger partial charge in [-0.3, -0.25) is 4.79 Å². The predicted molar refractivity (Wildman–Crippen MR) is 139 cm³/mol. The summed E-state index contributed by atoms with van der Waals surface area (Å²) in [7, 11) is -4.32. The molecule has 0 aromatic heterocycles. The van der Waals surface area contributed by atoms with Crippen LogP contribution in [0.5, 0.6) is 5.75 Å². The summed E-state index contributed by atoms with van der Waals surface area (Å²) < 4.78 is 45.9. The van der Waals surface area contributed by atoms with Crippen LogP contribution in [0.1, 0.15) is 30.4 Å². The lowest BCUT2D eigenvalue weighted by molar-refractivity contribution is -0.119. The molecule has 0 spiro atoms. The van der Waals surface area contributed by atoms with Crippen LogP contribution in [0.2, 0.25) is 5.02 Å². The predicted octanol–water partition coefficient (Wildman–Crippen LogP) is 4.91. The Morgan fingerprint density at radius 2 is 1.58 bits per heavy atom. The molecular formula is C27H30ClFN2O4S. The van der Waals surface area contributed by atoms with E-state index in [1.54, 1.807) is 0 Å². The average molecular weight is 533 g/mol. The van der Waals surface area contributed by atoms with Gasteiger partial charge in [-0.05, 0) is 73.7 Å². The number of benzene rings is 3. The molecule has 2 N–H and O–H groups in total. The fourth-order valence-electron chi connectivity index (χ4n) is 3.55. The van der Waals surface area contributed by atoms with Gasteiger partial charge in [0.1, 0.15) is 16.5 Å². The molecule has 0 aliphatic heterocycles. The molecular weight excluding hydrogens is 503 g/mol. The van der Waals surface area contributed by atoms with Gasteiger partial charge < -0.3 is 10.1 Å². The van der Waals surface area contributed by atoms with Crippen LogP contribution in [-0.2, 0) is 27.7 Å². The Morgan fingerprint density at radius 1 is 0.889 bits per heavy atom. The second-order valence-electron chi connectivity index (χ2n) is 8.29. The standard InChI is InChI=1S/C27H30ClFN2O4S/c28-23-12-15-25(29)26(20-23)36(33,34)31-27(32)16-18-30-17-4-8-22-10-13-24(14-11-22)35-19-5-9-21-6-2-1-3-7-21/h1-3,6-7,10-15,20,30H,4-5,8-9,16-19H2,(H,31,32). The first kappa shape index (κ1) is 27.6. The largest absolute Gasteiger partial charge is 0.494 e. The van der Waals surface area contributed by atoms with Crippen LogP contribution in [0.3, 0.4) is 0 Å². The van der Waals surface area contributed by atoms with Gasteiger partial charge in [-0.25, -0.2) is 17.5 Å². The van der Waals surface area contributed by atoms with Crippen molar-refractivity contribution in [2.24, 2.45) is 0 Å². The summed E-state index contributed by atoms with van der Waals surface area (Å²) in [6.45, 7) is 1.64. The first-order chi connectivity index (χ1) is 17.3. The van der Waals surface area contributed by atoms with Gasteiger partial charge in [0.2, 0.25) is 5.91 Å². The molecule has 0 fully saturated rings. The fourth-order valence-corrected chi connectivity index (χ4v) is 4.90. The van der Waals surface area contributed by atoms with Crippen LogP contribution in [0.15, 0.2) is 77.7 Å². The van der Waals surface area contributed by atoms with E-state index in [-0.39, 0.29) is 11.4 Å². The van der Waals surface area contributed by atoms with Crippen molar-refractivity contribution < 1.29 is 22.3 Å². The Hall–Kier alpha value is -2.94. The molecule has 0 radical (unpaired) electrons. The minimum absolute atomic E-state index is 0.0578. The van der Waals surface area contributed by atoms with E-state index in [2.05, 4.69) is 17.4 Å². The highest BCUT2D eigenvalue weighted by Gasteiger charge is 2.21. The van der Waals surface area contributed by atoms with Crippen molar-refractivity contribution in [2.45, 2.75) is 37.0 Å². The molecule has 0 aliphatic carbocycles. The monoisotopic (exact) mass is 532 g/mol. The van der Waals surface area contributed by atoms with E-state index in [1.807, 2.05) is 47.2 Å². The molecule has 3 aromatic rings. The fraction of sp³-hybridized carbons (Fsp3) is 0.296. The zero-order valence-corrected chi connectivity index (χ0v) is 21.5. The lowest BCUT2D eigenvalue weighted by atomic mass is 10.1. The molecule has 9 heteroatoms. The van der Waals surface area contributed by atoms with Gasteiger partial charge in [0, 0.05) is 18.0 Å². The van der Waals surface area contributed by atoms with Crippen molar-refractivity contribution in [2.75, 3.05) is 19.7 Å². The summed E-state index contributed by atoms with van der Waals surface area (Å²) in [4.78, 5) is 11.3. The topological polar surface area (TPSA) is 84.5 Å². The van der Waals surface area contributed by atoms with Gasteiger partial charge in [-0.2, -0.15) is 0 Å². The van der Waals surface area contributed by atoms with Gasteiger partial charge in [0.05, 0.1) is 6.61 Å². The number of hydrogen-bond acceptors (Lipinski definition) is 5. The molecule has 0 saturated heterocycles. The normalized spacial score (nSPS) is 11.3. The quantitative estimate of drug-likeness (QED) is 0.288.